The van der Waals surface area contributed by atoms with Crippen LogP contribution in [0.25, 0.3) is 0 Å². The first-order chi connectivity index (χ1) is 6.81. The van der Waals surface area contributed by atoms with Crippen LogP contribution in [0.4, 0.5) is 5.82 Å². The van der Waals surface area contributed by atoms with E-state index in [0.29, 0.717) is 6.04 Å². The third kappa shape index (κ3) is 1.65. The van der Waals surface area contributed by atoms with E-state index in [1.807, 2.05) is 12.1 Å². The fourth-order valence-corrected chi connectivity index (χ4v) is 1.44. The summed E-state index contributed by atoms with van der Waals surface area (Å²) in [6.45, 7) is 2.09. The number of hydrogen-bond donors (Lipinski definition) is 1. The van der Waals surface area contributed by atoms with Crippen LogP contribution in [0.1, 0.15) is 0 Å². The molecule has 0 spiro atoms. The van der Waals surface area contributed by atoms with Crippen LogP contribution in [0.2, 0.25) is 0 Å². The molecular formula is C10H15N3O. The summed E-state index contributed by atoms with van der Waals surface area (Å²) in [5.41, 5.74) is 0. The monoisotopic (exact) mass is 193 g/mol. The second-order valence-electron chi connectivity index (χ2n) is 3.48. The SMILES string of the molecule is COc1ccc(N(C)C2CNC2)nc1. The topological polar surface area (TPSA) is 37.4 Å². The Kier molecular flexibility index (Phi) is 2.54. The molecule has 0 unspecified atom stereocenters. The molecule has 0 bridgehead atoms. The highest BCUT2D eigenvalue weighted by molar-refractivity contribution is 5.41. The normalized spacial score (nSPS) is 16.1. The summed E-state index contributed by atoms with van der Waals surface area (Å²) < 4.78 is 5.06. The number of ether oxygens (including phenoxy) is 1. The molecule has 0 atom stereocenters. The van der Waals surface area contributed by atoms with Crippen molar-refractivity contribution in [2.45, 2.75) is 6.04 Å². The molecule has 1 N–H and O–H groups in total. The lowest BCUT2D eigenvalue weighted by atomic mass is 10.1. The Hall–Kier alpha value is -1.29. The van der Waals surface area contributed by atoms with Gasteiger partial charge in [0.15, 0.2) is 0 Å². The molecule has 1 fully saturated rings. The van der Waals surface area contributed by atoms with Crippen molar-refractivity contribution < 1.29 is 4.74 Å². The molecule has 1 aliphatic rings. The van der Waals surface area contributed by atoms with E-state index < -0.39 is 0 Å². The first-order valence-corrected chi connectivity index (χ1v) is 4.75. The Morgan fingerprint density at radius 3 is 2.71 bits per heavy atom. The van der Waals surface area contributed by atoms with Gasteiger partial charge in [0.2, 0.25) is 0 Å². The average Bonchev–Trinajstić information content (AvgIpc) is 2.15. The van der Waals surface area contributed by atoms with Gasteiger partial charge in [-0.15, -0.1) is 0 Å². The van der Waals surface area contributed by atoms with Crippen LogP contribution in [-0.2, 0) is 0 Å². The van der Waals surface area contributed by atoms with Crippen molar-refractivity contribution in [3.8, 4) is 5.75 Å². The van der Waals surface area contributed by atoms with Crippen LogP contribution < -0.4 is 15.0 Å². The Balaban J connectivity index is 2.07. The highest BCUT2D eigenvalue weighted by Gasteiger charge is 2.22. The van der Waals surface area contributed by atoms with Crippen LogP contribution in [0, 0.1) is 0 Å². The summed E-state index contributed by atoms with van der Waals surface area (Å²) in [4.78, 5) is 6.52. The summed E-state index contributed by atoms with van der Waals surface area (Å²) in [6.07, 6.45) is 1.75. The van der Waals surface area contributed by atoms with E-state index in [4.69, 9.17) is 4.74 Å². The van der Waals surface area contributed by atoms with Crippen molar-refractivity contribution in [1.29, 1.82) is 0 Å². The summed E-state index contributed by atoms with van der Waals surface area (Å²) in [6, 6.07) is 4.50. The van der Waals surface area contributed by atoms with E-state index in [2.05, 4.69) is 22.2 Å². The molecule has 4 nitrogen and oxygen atoms in total. The first-order valence-electron chi connectivity index (χ1n) is 4.75. The van der Waals surface area contributed by atoms with Crippen molar-refractivity contribution in [3.63, 3.8) is 0 Å². The van der Waals surface area contributed by atoms with E-state index in [0.717, 1.165) is 24.7 Å². The highest BCUT2D eigenvalue weighted by atomic mass is 16.5. The van der Waals surface area contributed by atoms with Gasteiger partial charge >= 0.3 is 0 Å². The minimum Gasteiger partial charge on any atom is -0.495 e. The molecular weight excluding hydrogens is 178 g/mol. The molecule has 0 radical (unpaired) electrons. The molecule has 1 aliphatic heterocycles. The molecule has 1 aromatic rings. The van der Waals surface area contributed by atoms with Gasteiger partial charge in [-0.2, -0.15) is 0 Å². The van der Waals surface area contributed by atoms with Gasteiger partial charge in [-0.3, -0.25) is 0 Å². The molecule has 1 aromatic heterocycles. The Morgan fingerprint density at radius 1 is 1.50 bits per heavy atom. The molecule has 76 valence electrons. The predicted molar refractivity (Wildman–Crippen MR) is 55.8 cm³/mol. The summed E-state index contributed by atoms with van der Waals surface area (Å²) in [5, 5.41) is 3.24. The van der Waals surface area contributed by atoms with E-state index in [1.165, 1.54) is 0 Å². The van der Waals surface area contributed by atoms with E-state index in [-0.39, 0.29) is 0 Å². The average molecular weight is 193 g/mol. The number of nitrogens with zero attached hydrogens (tertiary/aromatic N) is 2. The van der Waals surface area contributed by atoms with E-state index >= 15 is 0 Å². The lowest BCUT2D eigenvalue weighted by molar-refractivity contribution is 0.411. The van der Waals surface area contributed by atoms with Crippen molar-refractivity contribution in [3.05, 3.63) is 18.3 Å². The number of methoxy groups -OCH3 is 1. The minimum atomic E-state index is 0.580. The third-order valence-electron chi connectivity index (χ3n) is 2.63. The van der Waals surface area contributed by atoms with E-state index in [9.17, 15) is 0 Å². The van der Waals surface area contributed by atoms with Crippen LogP contribution in [0.5, 0.6) is 5.75 Å². The second kappa shape index (κ2) is 3.84. The van der Waals surface area contributed by atoms with Gasteiger partial charge in [-0.25, -0.2) is 4.98 Å². The summed E-state index contributed by atoms with van der Waals surface area (Å²) in [5.74, 6) is 1.80. The highest BCUT2D eigenvalue weighted by Crippen LogP contribution is 2.17. The van der Waals surface area contributed by atoms with Crippen molar-refractivity contribution in [2.24, 2.45) is 0 Å². The number of aromatic nitrogens is 1. The lowest BCUT2D eigenvalue weighted by Crippen LogP contribution is -2.56. The molecule has 1 saturated heterocycles. The zero-order chi connectivity index (χ0) is 9.97. The maximum Gasteiger partial charge on any atom is 0.137 e. The molecule has 0 saturated carbocycles. The maximum atomic E-state index is 5.06. The van der Waals surface area contributed by atoms with Gasteiger partial charge in [0, 0.05) is 20.1 Å². The molecule has 2 rings (SSSR count). The van der Waals surface area contributed by atoms with Gasteiger partial charge < -0.3 is 15.0 Å². The quantitative estimate of drug-likeness (QED) is 0.758. The molecule has 0 aliphatic carbocycles. The molecule has 14 heavy (non-hydrogen) atoms. The van der Waals surface area contributed by atoms with Gasteiger partial charge in [0.25, 0.3) is 0 Å². The van der Waals surface area contributed by atoms with Gasteiger partial charge in [-0.05, 0) is 12.1 Å². The Labute approximate surface area is 83.9 Å². The number of anilines is 1. The van der Waals surface area contributed by atoms with Crippen LogP contribution in [-0.4, -0.2) is 38.3 Å². The molecule has 2 heterocycles. The number of pyridine rings is 1. The fourth-order valence-electron chi connectivity index (χ4n) is 1.44. The molecule has 4 heteroatoms. The standard InChI is InChI=1S/C10H15N3O/c1-13(8-5-11-6-8)10-4-3-9(14-2)7-12-10/h3-4,7-8,11H,5-6H2,1-2H3. The minimum absolute atomic E-state index is 0.580. The lowest BCUT2D eigenvalue weighted by Gasteiger charge is -2.36. The second-order valence-corrected chi connectivity index (χ2v) is 3.48. The van der Waals surface area contributed by atoms with E-state index in [1.54, 1.807) is 13.3 Å². The van der Waals surface area contributed by atoms with Crippen molar-refractivity contribution >= 4 is 5.82 Å². The number of hydrogen-bond acceptors (Lipinski definition) is 4. The first kappa shape index (κ1) is 9.27. The van der Waals surface area contributed by atoms with Crippen molar-refractivity contribution in [2.75, 3.05) is 32.1 Å². The summed E-state index contributed by atoms with van der Waals surface area (Å²) >= 11 is 0. The molecule has 0 amide bonds. The third-order valence-corrected chi connectivity index (χ3v) is 2.63. The maximum absolute atomic E-state index is 5.06. The number of rotatable bonds is 3. The zero-order valence-electron chi connectivity index (χ0n) is 8.53. The number of likely N-dealkylation sites (N-methyl/N-ethyl adjacent to an activating group) is 1. The Bertz CT molecular complexity index is 295. The molecule has 0 aromatic carbocycles. The van der Waals surface area contributed by atoms with Crippen LogP contribution >= 0.6 is 0 Å². The fraction of sp³-hybridized carbons (Fsp3) is 0.500. The smallest absolute Gasteiger partial charge is 0.137 e. The summed E-state index contributed by atoms with van der Waals surface area (Å²) in [7, 11) is 3.72. The zero-order valence-corrected chi connectivity index (χ0v) is 8.53. The van der Waals surface area contributed by atoms with Crippen molar-refractivity contribution in [1.82, 2.24) is 10.3 Å². The largest absolute Gasteiger partial charge is 0.495 e. The number of nitrogens with one attached hydrogen (secondary N) is 1. The van der Waals surface area contributed by atoms with Crippen LogP contribution in [0.15, 0.2) is 18.3 Å². The Morgan fingerprint density at radius 2 is 2.29 bits per heavy atom. The van der Waals surface area contributed by atoms with Gasteiger partial charge in [0.05, 0.1) is 19.3 Å². The van der Waals surface area contributed by atoms with Crippen LogP contribution in [0.3, 0.4) is 0 Å². The predicted octanol–water partition coefficient (Wildman–Crippen LogP) is 0.498. The van der Waals surface area contributed by atoms with Gasteiger partial charge in [0.1, 0.15) is 11.6 Å². The van der Waals surface area contributed by atoms with Gasteiger partial charge in [-0.1, -0.05) is 0 Å².